The van der Waals surface area contributed by atoms with E-state index in [1.807, 2.05) is 17.7 Å². The molecule has 0 saturated carbocycles. The van der Waals surface area contributed by atoms with E-state index in [2.05, 4.69) is 15.6 Å². The van der Waals surface area contributed by atoms with E-state index in [0.717, 1.165) is 30.8 Å². The molecule has 1 aliphatic heterocycles. The number of carboxylic acids is 1. The van der Waals surface area contributed by atoms with Gasteiger partial charge in [0.15, 0.2) is 0 Å². The van der Waals surface area contributed by atoms with Crippen LogP contribution in [0.25, 0.3) is 0 Å². The molecule has 3 rings (SSSR count). The maximum absolute atomic E-state index is 12.3. The van der Waals surface area contributed by atoms with Gasteiger partial charge in [-0.25, -0.2) is 14.6 Å². The van der Waals surface area contributed by atoms with Gasteiger partial charge in [0, 0.05) is 32.1 Å². The van der Waals surface area contributed by atoms with E-state index >= 15 is 0 Å². The molecule has 2 atom stereocenters. The van der Waals surface area contributed by atoms with Gasteiger partial charge in [-0.3, -0.25) is 0 Å². The van der Waals surface area contributed by atoms with Crippen molar-refractivity contribution in [3.8, 4) is 0 Å². The fraction of sp³-hybridized carbons (Fsp3) is 0.421. The summed E-state index contributed by atoms with van der Waals surface area (Å²) in [4.78, 5) is 27.6. The Morgan fingerprint density at radius 3 is 2.81 bits per heavy atom. The third-order valence-corrected chi connectivity index (χ3v) is 4.64. The lowest BCUT2D eigenvalue weighted by Crippen LogP contribution is -2.47. The van der Waals surface area contributed by atoms with Gasteiger partial charge in [0.05, 0.1) is 11.6 Å². The zero-order valence-electron chi connectivity index (χ0n) is 15.2. The van der Waals surface area contributed by atoms with Crippen molar-refractivity contribution in [1.82, 2.24) is 20.2 Å². The third kappa shape index (κ3) is 4.65. The van der Waals surface area contributed by atoms with Gasteiger partial charge in [0.25, 0.3) is 0 Å². The van der Waals surface area contributed by atoms with Crippen LogP contribution < -0.4 is 10.6 Å². The van der Waals surface area contributed by atoms with Gasteiger partial charge in [-0.1, -0.05) is 12.1 Å². The lowest BCUT2D eigenvalue weighted by Gasteiger charge is -2.32. The fourth-order valence-electron chi connectivity index (χ4n) is 3.20. The first kappa shape index (κ1) is 18.9. The average molecular weight is 372 g/mol. The fourth-order valence-corrected chi connectivity index (χ4v) is 3.20. The summed E-state index contributed by atoms with van der Waals surface area (Å²) in [5.74, 6) is -0.146. The van der Waals surface area contributed by atoms with Gasteiger partial charge in [0.1, 0.15) is 11.9 Å². The number of aromatic nitrogens is 2. The largest absolute Gasteiger partial charge is 0.478 e. The molecular weight excluding hydrogens is 348 g/mol. The number of urea groups is 1. The lowest BCUT2D eigenvalue weighted by atomic mass is 10.0. The summed E-state index contributed by atoms with van der Waals surface area (Å²) >= 11 is 0. The molecule has 1 saturated heterocycles. The number of carbonyl (C=O) groups excluding carboxylic acids is 1. The van der Waals surface area contributed by atoms with E-state index in [0.29, 0.717) is 13.2 Å². The van der Waals surface area contributed by atoms with Crippen LogP contribution in [0.3, 0.4) is 0 Å². The standard InChI is InChI=1S/C19H24N4O4/c1-2-23-10-9-20-17(23)16-15(4-3-11-27-16)22-19(26)21-12-13-5-7-14(8-6-13)18(24)25/h5-10,15-16H,2-4,11-12H2,1H3,(H,24,25)(H2,21,22,26)/t15-,16-/m0/s1. The number of nitrogens with zero attached hydrogens (tertiary/aromatic N) is 2. The Hall–Kier alpha value is -2.87. The van der Waals surface area contributed by atoms with Crippen molar-refractivity contribution in [3.05, 3.63) is 53.6 Å². The maximum Gasteiger partial charge on any atom is 0.335 e. The normalized spacial score (nSPS) is 19.4. The average Bonchev–Trinajstić information content (AvgIpc) is 3.15. The second-order valence-corrected chi connectivity index (χ2v) is 6.44. The van der Waals surface area contributed by atoms with Crippen LogP contribution in [0.1, 0.15) is 47.6 Å². The van der Waals surface area contributed by atoms with Crippen LogP contribution in [0, 0.1) is 0 Å². The molecule has 1 aromatic carbocycles. The third-order valence-electron chi connectivity index (χ3n) is 4.64. The van der Waals surface area contributed by atoms with Crippen molar-refractivity contribution in [1.29, 1.82) is 0 Å². The maximum atomic E-state index is 12.3. The van der Waals surface area contributed by atoms with E-state index in [1.165, 1.54) is 12.1 Å². The van der Waals surface area contributed by atoms with Crippen LogP contribution in [-0.2, 0) is 17.8 Å². The summed E-state index contributed by atoms with van der Waals surface area (Å²) in [5, 5.41) is 14.7. The van der Waals surface area contributed by atoms with Crippen molar-refractivity contribution in [2.45, 2.75) is 45.0 Å². The number of aromatic carboxylic acids is 1. The van der Waals surface area contributed by atoms with Crippen LogP contribution in [0.4, 0.5) is 4.79 Å². The van der Waals surface area contributed by atoms with Crippen LogP contribution in [0.15, 0.2) is 36.7 Å². The van der Waals surface area contributed by atoms with Gasteiger partial charge >= 0.3 is 12.0 Å². The molecule has 0 aliphatic carbocycles. The van der Waals surface area contributed by atoms with E-state index in [9.17, 15) is 9.59 Å². The van der Waals surface area contributed by atoms with Crippen LogP contribution in [0.5, 0.6) is 0 Å². The minimum Gasteiger partial charge on any atom is -0.478 e. The molecule has 0 bridgehead atoms. The molecule has 144 valence electrons. The smallest absolute Gasteiger partial charge is 0.335 e. The summed E-state index contributed by atoms with van der Waals surface area (Å²) in [6, 6.07) is 5.98. The first-order chi connectivity index (χ1) is 13.1. The zero-order chi connectivity index (χ0) is 19.2. The first-order valence-corrected chi connectivity index (χ1v) is 9.07. The number of hydrogen-bond acceptors (Lipinski definition) is 4. The lowest BCUT2D eigenvalue weighted by molar-refractivity contribution is -0.0145. The molecular formula is C19H24N4O4. The quantitative estimate of drug-likeness (QED) is 0.722. The molecule has 2 aromatic rings. The highest BCUT2D eigenvalue weighted by Crippen LogP contribution is 2.27. The molecule has 8 nitrogen and oxygen atoms in total. The minimum absolute atomic E-state index is 0.152. The molecule has 2 amide bonds. The zero-order valence-corrected chi connectivity index (χ0v) is 15.2. The highest BCUT2D eigenvalue weighted by atomic mass is 16.5. The summed E-state index contributed by atoms with van der Waals surface area (Å²) in [6.07, 6.45) is 5.08. The molecule has 27 heavy (non-hydrogen) atoms. The number of hydrogen-bond donors (Lipinski definition) is 3. The van der Waals surface area contributed by atoms with Crippen molar-refractivity contribution in [2.75, 3.05) is 6.61 Å². The molecule has 8 heteroatoms. The Bertz CT molecular complexity index is 787. The van der Waals surface area contributed by atoms with Gasteiger partial charge in [0.2, 0.25) is 0 Å². The summed E-state index contributed by atoms with van der Waals surface area (Å²) in [6.45, 7) is 3.80. The SMILES string of the molecule is CCn1ccnc1[C@H]1OCCC[C@@H]1NC(=O)NCc1ccc(C(=O)O)cc1. The van der Waals surface area contributed by atoms with Gasteiger partial charge in [-0.05, 0) is 37.5 Å². The Kier molecular flexibility index (Phi) is 6.08. The molecule has 0 spiro atoms. The minimum atomic E-state index is -0.971. The van der Waals surface area contributed by atoms with E-state index in [4.69, 9.17) is 9.84 Å². The summed E-state index contributed by atoms with van der Waals surface area (Å²) < 4.78 is 7.92. The molecule has 0 unspecified atom stereocenters. The van der Waals surface area contributed by atoms with E-state index in [1.54, 1.807) is 18.3 Å². The van der Waals surface area contributed by atoms with Gasteiger partial charge in [-0.2, -0.15) is 0 Å². The Morgan fingerprint density at radius 1 is 1.33 bits per heavy atom. The second-order valence-electron chi connectivity index (χ2n) is 6.44. The van der Waals surface area contributed by atoms with Crippen molar-refractivity contribution in [2.24, 2.45) is 0 Å². The van der Waals surface area contributed by atoms with Crippen LogP contribution >= 0.6 is 0 Å². The number of ether oxygens (including phenoxy) is 1. The molecule has 1 fully saturated rings. The van der Waals surface area contributed by atoms with Gasteiger partial charge < -0.3 is 25.0 Å². The number of carbonyl (C=O) groups is 2. The molecule has 2 heterocycles. The molecule has 0 radical (unpaired) electrons. The molecule has 3 N–H and O–H groups in total. The number of aryl methyl sites for hydroxylation is 1. The van der Waals surface area contributed by atoms with Crippen molar-refractivity contribution >= 4 is 12.0 Å². The van der Waals surface area contributed by atoms with Crippen molar-refractivity contribution < 1.29 is 19.4 Å². The number of carboxylic acid groups (broad SMARTS) is 1. The Balaban J connectivity index is 1.57. The number of benzene rings is 1. The number of imidazole rings is 1. The molecule has 1 aromatic heterocycles. The summed E-state index contributed by atoms with van der Waals surface area (Å²) in [7, 11) is 0. The predicted molar refractivity (Wildman–Crippen MR) is 98.4 cm³/mol. The van der Waals surface area contributed by atoms with Gasteiger partial charge in [-0.15, -0.1) is 0 Å². The number of nitrogens with one attached hydrogen (secondary N) is 2. The second kappa shape index (κ2) is 8.68. The number of amides is 2. The highest BCUT2D eigenvalue weighted by Gasteiger charge is 2.31. The van der Waals surface area contributed by atoms with E-state index < -0.39 is 5.97 Å². The highest BCUT2D eigenvalue weighted by molar-refractivity contribution is 5.87. The number of rotatable bonds is 6. The van der Waals surface area contributed by atoms with E-state index in [-0.39, 0.29) is 23.7 Å². The predicted octanol–water partition coefficient (Wildman–Crippen LogP) is 2.32. The topological polar surface area (TPSA) is 105 Å². The summed E-state index contributed by atoms with van der Waals surface area (Å²) in [5.41, 5.74) is 1.05. The molecule has 1 aliphatic rings. The first-order valence-electron chi connectivity index (χ1n) is 9.07. The Labute approximate surface area is 157 Å². The van der Waals surface area contributed by atoms with Crippen molar-refractivity contribution in [3.63, 3.8) is 0 Å². The van der Waals surface area contributed by atoms with Crippen LogP contribution in [0.2, 0.25) is 0 Å². The van der Waals surface area contributed by atoms with Crippen LogP contribution in [-0.4, -0.2) is 39.3 Å². The monoisotopic (exact) mass is 372 g/mol. The Morgan fingerprint density at radius 2 is 2.11 bits per heavy atom.